The Morgan fingerprint density at radius 1 is 1.38 bits per heavy atom. The van der Waals surface area contributed by atoms with Gasteiger partial charge in [0.25, 0.3) is 5.91 Å². The molecule has 21 heavy (non-hydrogen) atoms. The summed E-state index contributed by atoms with van der Waals surface area (Å²) in [6.07, 6.45) is 1.02. The minimum Gasteiger partial charge on any atom is -0.336 e. The highest BCUT2D eigenvalue weighted by Crippen LogP contribution is 2.24. The highest BCUT2D eigenvalue weighted by molar-refractivity contribution is 7.98. The molecule has 2 rings (SSSR count). The molecule has 1 heterocycles. The van der Waals surface area contributed by atoms with Crippen LogP contribution in [0.15, 0.2) is 24.3 Å². The van der Waals surface area contributed by atoms with Crippen molar-refractivity contribution >= 4 is 30.1 Å². The number of amides is 1. The fourth-order valence-corrected chi connectivity index (χ4v) is 3.36. The average Bonchev–Trinajstić information content (AvgIpc) is 2.86. The van der Waals surface area contributed by atoms with Gasteiger partial charge in [-0.15, -0.1) is 12.4 Å². The lowest BCUT2D eigenvalue weighted by Gasteiger charge is -2.21. The number of likely N-dealkylation sites (tertiary alicyclic amines) is 1. The summed E-state index contributed by atoms with van der Waals surface area (Å²) < 4.78 is 0. The summed E-state index contributed by atoms with van der Waals surface area (Å²) in [4.78, 5) is 14.5. The molecule has 5 heteroatoms. The number of nitrogens with zero attached hydrogens (tertiary/aromatic N) is 1. The average molecular weight is 329 g/mol. The summed E-state index contributed by atoms with van der Waals surface area (Å²) >= 11 is 1.90. The molecular formula is C16H25ClN2OS. The van der Waals surface area contributed by atoms with E-state index in [-0.39, 0.29) is 18.3 Å². The van der Waals surface area contributed by atoms with Gasteiger partial charge in [-0.25, -0.2) is 0 Å². The molecule has 2 N–H and O–H groups in total. The summed E-state index contributed by atoms with van der Waals surface area (Å²) in [7, 11) is 0. The molecule has 0 aliphatic carbocycles. The number of benzene rings is 1. The van der Waals surface area contributed by atoms with Crippen molar-refractivity contribution < 1.29 is 4.79 Å². The highest BCUT2D eigenvalue weighted by atomic mass is 35.5. The number of halogens is 1. The van der Waals surface area contributed by atoms with Gasteiger partial charge in [0.15, 0.2) is 0 Å². The zero-order chi connectivity index (χ0) is 14.5. The fourth-order valence-electron chi connectivity index (χ4n) is 2.73. The van der Waals surface area contributed by atoms with E-state index in [9.17, 15) is 4.79 Å². The summed E-state index contributed by atoms with van der Waals surface area (Å²) in [5, 5.41) is 0. The molecule has 1 fully saturated rings. The van der Waals surface area contributed by atoms with Crippen LogP contribution in [0.25, 0.3) is 0 Å². The second kappa shape index (κ2) is 8.66. The van der Waals surface area contributed by atoms with E-state index in [1.807, 2.05) is 28.8 Å². The van der Waals surface area contributed by atoms with Gasteiger partial charge in [0.05, 0.1) is 0 Å². The van der Waals surface area contributed by atoms with Gasteiger partial charge in [-0.2, -0.15) is 11.8 Å². The first-order valence-corrected chi connectivity index (χ1v) is 8.48. The van der Waals surface area contributed by atoms with E-state index in [1.165, 1.54) is 5.56 Å². The topological polar surface area (TPSA) is 46.3 Å². The summed E-state index contributed by atoms with van der Waals surface area (Å²) in [5.74, 6) is 2.73. The van der Waals surface area contributed by atoms with Crippen LogP contribution in [0, 0.1) is 5.92 Å². The summed E-state index contributed by atoms with van der Waals surface area (Å²) in [6, 6.07) is 8.34. The van der Waals surface area contributed by atoms with Crippen molar-refractivity contribution in [1.82, 2.24) is 4.90 Å². The maximum Gasteiger partial charge on any atom is 0.254 e. The van der Waals surface area contributed by atoms with Crippen molar-refractivity contribution in [2.45, 2.75) is 32.1 Å². The lowest BCUT2D eigenvalue weighted by Crippen LogP contribution is -2.34. The van der Waals surface area contributed by atoms with Gasteiger partial charge >= 0.3 is 0 Å². The lowest BCUT2D eigenvalue weighted by molar-refractivity contribution is 0.0743. The number of rotatable bonds is 5. The van der Waals surface area contributed by atoms with Crippen LogP contribution in [0.3, 0.4) is 0 Å². The second-order valence-electron chi connectivity index (χ2n) is 5.48. The molecule has 0 bridgehead atoms. The number of hydrogen-bond donors (Lipinski definition) is 1. The van der Waals surface area contributed by atoms with Gasteiger partial charge in [0.1, 0.15) is 0 Å². The van der Waals surface area contributed by atoms with Crippen LogP contribution < -0.4 is 5.73 Å². The first kappa shape index (κ1) is 18.3. The van der Waals surface area contributed by atoms with Crippen molar-refractivity contribution in [2.75, 3.05) is 18.8 Å². The first-order chi connectivity index (χ1) is 9.65. The van der Waals surface area contributed by atoms with Gasteiger partial charge in [0, 0.05) is 23.9 Å². The van der Waals surface area contributed by atoms with E-state index in [1.54, 1.807) is 0 Å². The number of hydrogen-bond acceptors (Lipinski definition) is 3. The Morgan fingerprint density at radius 2 is 2.05 bits per heavy atom. The van der Waals surface area contributed by atoms with Gasteiger partial charge in [-0.05, 0) is 49.3 Å². The predicted octanol–water partition coefficient (Wildman–Crippen LogP) is 3.17. The molecular weight excluding hydrogens is 304 g/mol. The third kappa shape index (κ3) is 4.63. The fraction of sp³-hybridized carbons (Fsp3) is 0.562. The van der Waals surface area contributed by atoms with E-state index >= 15 is 0 Å². The molecule has 1 aromatic rings. The Bertz CT molecular complexity index is 452. The standard InChI is InChI=1S/C16H24N2OS.ClH/c1-3-20-11-13-4-6-15(7-5-13)16(19)18-10-14(9-17)8-12(18)2;/h4-7,12,14H,3,8-11,17H2,1-2H3;1H. The van der Waals surface area contributed by atoms with Crippen molar-refractivity contribution in [3.8, 4) is 0 Å². The minimum atomic E-state index is 0. The van der Waals surface area contributed by atoms with E-state index in [0.717, 1.165) is 30.0 Å². The van der Waals surface area contributed by atoms with Crippen molar-refractivity contribution in [2.24, 2.45) is 11.7 Å². The van der Waals surface area contributed by atoms with Crippen molar-refractivity contribution in [3.63, 3.8) is 0 Å². The quantitative estimate of drug-likeness (QED) is 0.903. The summed E-state index contributed by atoms with van der Waals surface area (Å²) in [5.41, 5.74) is 7.79. The molecule has 1 aliphatic rings. The van der Waals surface area contributed by atoms with Crippen molar-refractivity contribution in [3.05, 3.63) is 35.4 Å². The Balaban J connectivity index is 0.00000220. The molecule has 1 aliphatic heterocycles. The molecule has 0 saturated carbocycles. The molecule has 2 unspecified atom stereocenters. The Labute approximate surface area is 138 Å². The van der Waals surface area contributed by atoms with Crippen LogP contribution in [-0.4, -0.2) is 35.7 Å². The van der Waals surface area contributed by atoms with Gasteiger partial charge < -0.3 is 10.6 Å². The highest BCUT2D eigenvalue weighted by Gasteiger charge is 2.31. The van der Waals surface area contributed by atoms with Gasteiger partial charge in [-0.3, -0.25) is 4.79 Å². The normalized spacial score (nSPS) is 21.2. The molecule has 0 radical (unpaired) electrons. The van der Waals surface area contributed by atoms with E-state index in [4.69, 9.17) is 5.73 Å². The second-order valence-corrected chi connectivity index (χ2v) is 6.75. The lowest BCUT2D eigenvalue weighted by atomic mass is 10.1. The van der Waals surface area contributed by atoms with E-state index in [0.29, 0.717) is 18.5 Å². The third-order valence-electron chi connectivity index (χ3n) is 3.93. The molecule has 0 spiro atoms. The van der Waals surface area contributed by atoms with Crippen LogP contribution in [0.1, 0.15) is 36.2 Å². The maximum absolute atomic E-state index is 12.5. The monoisotopic (exact) mass is 328 g/mol. The minimum absolute atomic E-state index is 0. The van der Waals surface area contributed by atoms with Crippen LogP contribution in [0.4, 0.5) is 0 Å². The van der Waals surface area contributed by atoms with Gasteiger partial charge in [0.2, 0.25) is 0 Å². The molecule has 118 valence electrons. The zero-order valence-electron chi connectivity index (χ0n) is 12.7. The molecule has 1 aromatic carbocycles. The van der Waals surface area contributed by atoms with Crippen LogP contribution in [-0.2, 0) is 5.75 Å². The molecule has 2 atom stereocenters. The number of carbonyl (C=O) groups excluding carboxylic acids is 1. The number of carbonyl (C=O) groups is 1. The first-order valence-electron chi connectivity index (χ1n) is 7.33. The summed E-state index contributed by atoms with van der Waals surface area (Å²) in [6.45, 7) is 5.73. The SMILES string of the molecule is CCSCc1ccc(C(=O)N2CC(CN)CC2C)cc1.Cl. The van der Waals surface area contributed by atoms with E-state index in [2.05, 4.69) is 26.0 Å². The Kier molecular flexibility index (Phi) is 7.57. The van der Waals surface area contributed by atoms with Crippen LogP contribution in [0.2, 0.25) is 0 Å². The van der Waals surface area contributed by atoms with Crippen LogP contribution in [0.5, 0.6) is 0 Å². The predicted molar refractivity (Wildman–Crippen MR) is 93.2 cm³/mol. The third-order valence-corrected chi connectivity index (χ3v) is 4.88. The van der Waals surface area contributed by atoms with Crippen LogP contribution >= 0.6 is 24.2 Å². The molecule has 0 aromatic heterocycles. The largest absolute Gasteiger partial charge is 0.336 e. The van der Waals surface area contributed by atoms with Crippen molar-refractivity contribution in [1.29, 1.82) is 0 Å². The van der Waals surface area contributed by atoms with E-state index < -0.39 is 0 Å². The van der Waals surface area contributed by atoms with Gasteiger partial charge in [-0.1, -0.05) is 19.1 Å². The molecule has 3 nitrogen and oxygen atoms in total. The number of thioether (sulfide) groups is 1. The number of nitrogens with two attached hydrogens (primary N) is 1. The molecule has 1 amide bonds. The Hall–Kier alpha value is -0.710. The smallest absolute Gasteiger partial charge is 0.254 e. The molecule has 1 saturated heterocycles. The maximum atomic E-state index is 12.5. The Morgan fingerprint density at radius 3 is 2.57 bits per heavy atom. The zero-order valence-corrected chi connectivity index (χ0v) is 14.4.